The van der Waals surface area contributed by atoms with Gasteiger partial charge < -0.3 is 5.32 Å². The summed E-state index contributed by atoms with van der Waals surface area (Å²) in [4.78, 5) is 11.9. The standard InChI is InChI=1S/C21H19N3O/c1-16(23-24-21(25)22-20-10-6-3-7-11-20)17-12-14-19(15-13-17)18-8-4-2-5-9-18/h2-15H,1H3,(H2,22,24,25). The van der Waals surface area contributed by atoms with Crippen molar-refractivity contribution in [2.75, 3.05) is 5.32 Å². The Morgan fingerprint density at radius 1 is 0.760 bits per heavy atom. The topological polar surface area (TPSA) is 53.5 Å². The number of benzene rings is 3. The van der Waals surface area contributed by atoms with Crippen LogP contribution < -0.4 is 10.7 Å². The molecule has 25 heavy (non-hydrogen) atoms. The second-order valence-corrected chi connectivity index (χ2v) is 5.57. The minimum Gasteiger partial charge on any atom is -0.307 e. The highest BCUT2D eigenvalue weighted by Crippen LogP contribution is 2.19. The molecule has 0 aliphatic heterocycles. The van der Waals surface area contributed by atoms with Crippen LogP contribution in [0.3, 0.4) is 0 Å². The second-order valence-electron chi connectivity index (χ2n) is 5.57. The Labute approximate surface area is 147 Å². The lowest BCUT2D eigenvalue weighted by Crippen LogP contribution is -2.25. The first kappa shape index (κ1) is 16.5. The molecule has 124 valence electrons. The van der Waals surface area contributed by atoms with Gasteiger partial charge in [0.05, 0.1) is 5.71 Å². The normalized spacial score (nSPS) is 11.0. The summed E-state index contributed by atoms with van der Waals surface area (Å²) in [6, 6.07) is 27.2. The van der Waals surface area contributed by atoms with Crippen LogP contribution in [0.4, 0.5) is 10.5 Å². The van der Waals surface area contributed by atoms with E-state index in [1.54, 1.807) is 0 Å². The van der Waals surface area contributed by atoms with Crippen LogP contribution in [-0.2, 0) is 0 Å². The molecule has 0 heterocycles. The number of carbonyl (C=O) groups excluding carboxylic acids is 1. The van der Waals surface area contributed by atoms with E-state index in [1.807, 2.05) is 79.7 Å². The van der Waals surface area contributed by atoms with Gasteiger partial charge in [-0.2, -0.15) is 5.10 Å². The Bertz CT molecular complexity index is 857. The number of nitrogens with zero attached hydrogens (tertiary/aromatic N) is 1. The lowest BCUT2D eigenvalue weighted by molar-refractivity contribution is 0.252. The third kappa shape index (κ3) is 4.54. The molecule has 4 nitrogen and oxygen atoms in total. The van der Waals surface area contributed by atoms with E-state index < -0.39 is 0 Å². The molecule has 4 heteroatoms. The molecule has 0 aromatic heterocycles. The number of para-hydroxylation sites is 1. The van der Waals surface area contributed by atoms with E-state index in [1.165, 1.54) is 5.56 Å². The van der Waals surface area contributed by atoms with Crippen molar-refractivity contribution in [2.45, 2.75) is 6.92 Å². The minimum absolute atomic E-state index is 0.369. The number of carbonyl (C=O) groups is 1. The number of hydrogen-bond acceptors (Lipinski definition) is 2. The molecule has 3 aromatic carbocycles. The zero-order valence-corrected chi connectivity index (χ0v) is 13.9. The molecule has 0 unspecified atom stereocenters. The van der Waals surface area contributed by atoms with Gasteiger partial charge in [-0.25, -0.2) is 10.2 Å². The second kappa shape index (κ2) is 7.93. The average molecular weight is 329 g/mol. The summed E-state index contributed by atoms with van der Waals surface area (Å²) >= 11 is 0. The van der Waals surface area contributed by atoms with Crippen LogP contribution in [0.15, 0.2) is 90.0 Å². The fourth-order valence-electron chi connectivity index (χ4n) is 2.41. The minimum atomic E-state index is -0.369. The highest BCUT2D eigenvalue weighted by Gasteiger charge is 2.02. The summed E-state index contributed by atoms with van der Waals surface area (Å²) in [5, 5.41) is 6.87. The predicted octanol–water partition coefficient (Wildman–Crippen LogP) is 4.90. The Kier molecular flexibility index (Phi) is 5.22. The number of amides is 2. The molecule has 0 aliphatic rings. The van der Waals surface area contributed by atoms with Crippen molar-refractivity contribution in [2.24, 2.45) is 5.10 Å². The maximum Gasteiger partial charge on any atom is 0.339 e. The lowest BCUT2D eigenvalue weighted by atomic mass is 10.0. The third-order valence-corrected chi connectivity index (χ3v) is 3.77. The van der Waals surface area contributed by atoms with Gasteiger partial charge in [-0.15, -0.1) is 0 Å². The van der Waals surface area contributed by atoms with Crippen molar-refractivity contribution < 1.29 is 4.79 Å². The molecule has 0 spiro atoms. The zero-order chi connectivity index (χ0) is 17.5. The van der Waals surface area contributed by atoms with Gasteiger partial charge in [0, 0.05) is 5.69 Å². The molecule has 2 N–H and O–H groups in total. The van der Waals surface area contributed by atoms with Crippen molar-refractivity contribution in [3.8, 4) is 11.1 Å². The van der Waals surface area contributed by atoms with Crippen molar-refractivity contribution in [1.29, 1.82) is 0 Å². The van der Waals surface area contributed by atoms with Gasteiger partial charge in [-0.3, -0.25) is 0 Å². The quantitative estimate of drug-likeness (QED) is 0.519. The molecule has 0 atom stereocenters. The van der Waals surface area contributed by atoms with Gasteiger partial charge in [0.2, 0.25) is 0 Å². The van der Waals surface area contributed by atoms with Crippen LogP contribution in [0, 0.1) is 0 Å². The summed E-state index contributed by atoms with van der Waals surface area (Å²) in [6.07, 6.45) is 0. The maximum absolute atomic E-state index is 11.9. The molecule has 0 fully saturated rings. The van der Waals surface area contributed by atoms with E-state index in [-0.39, 0.29) is 6.03 Å². The van der Waals surface area contributed by atoms with Gasteiger partial charge in [-0.1, -0.05) is 72.8 Å². The summed E-state index contributed by atoms with van der Waals surface area (Å²) in [5.74, 6) is 0. The number of urea groups is 1. The van der Waals surface area contributed by atoms with E-state index >= 15 is 0 Å². The van der Waals surface area contributed by atoms with Crippen LogP contribution in [0.1, 0.15) is 12.5 Å². The average Bonchev–Trinajstić information content (AvgIpc) is 2.68. The molecule has 0 radical (unpaired) electrons. The molecular formula is C21H19N3O. The molecule has 2 amide bonds. The van der Waals surface area contributed by atoms with Crippen LogP contribution in [0.5, 0.6) is 0 Å². The van der Waals surface area contributed by atoms with Gasteiger partial charge in [0.25, 0.3) is 0 Å². The maximum atomic E-state index is 11.9. The first-order valence-electron chi connectivity index (χ1n) is 8.04. The SMILES string of the molecule is CC(=NNC(=O)Nc1ccccc1)c1ccc(-c2ccccc2)cc1. The van der Waals surface area contributed by atoms with E-state index in [4.69, 9.17) is 0 Å². The molecule has 0 bridgehead atoms. The largest absolute Gasteiger partial charge is 0.339 e. The third-order valence-electron chi connectivity index (χ3n) is 3.77. The fourth-order valence-corrected chi connectivity index (χ4v) is 2.41. The first-order valence-corrected chi connectivity index (χ1v) is 8.04. The van der Waals surface area contributed by atoms with Crippen LogP contribution in [0.25, 0.3) is 11.1 Å². The Morgan fingerprint density at radius 2 is 1.32 bits per heavy atom. The monoisotopic (exact) mass is 329 g/mol. The van der Waals surface area contributed by atoms with Crippen molar-refractivity contribution in [3.63, 3.8) is 0 Å². The number of anilines is 1. The van der Waals surface area contributed by atoms with Crippen molar-refractivity contribution in [1.82, 2.24) is 5.43 Å². The molecule has 0 saturated carbocycles. The fraction of sp³-hybridized carbons (Fsp3) is 0.0476. The van der Waals surface area contributed by atoms with Crippen LogP contribution in [0.2, 0.25) is 0 Å². The number of hydrazone groups is 1. The van der Waals surface area contributed by atoms with E-state index in [2.05, 4.69) is 28.0 Å². The number of nitrogens with one attached hydrogen (secondary N) is 2. The molecule has 0 aliphatic carbocycles. The van der Waals surface area contributed by atoms with Gasteiger partial charge in [0.15, 0.2) is 0 Å². The van der Waals surface area contributed by atoms with E-state index in [0.717, 1.165) is 22.5 Å². The van der Waals surface area contributed by atoms with Crippen LogP contribution >= 0.6 is 0 Å². The Hall–Kier alpha value is -3.40. The summed E-state index contributed by atoms with van der Waals surface area (Å²) in [6.45, 7) is 1.86. The predicted molar refractivity (Wildman–Crippen MR) is 103 cm³/mol. The summed E-state index contributed by atoms with van der Waals surface area (Å²) in [5.41, 5.74) is 7.25. The molecular weight excluding hydrogens is 310 g/mol. The molecule has 0 saturated heterocycles. The first-order chi connectivity index (χ1) is 12.2. The van der Waals surface area contributed by atoms with Crippen molar-refractivity contribution >= 4 is 17.4 Å². The number of hydrogen-bond donors (Lipinski definition) is 2. The summed E-state index contributed by atoms with van der Waals surface area (Å²) < 4.78 is 0. The van der Waals surface area contributed by atoms with Gasteiger partial charge >= 0.3 is 6.03 Å². The van der Waals surface area contributed by atoms with E-state index in [9.17, 15) is 4.79 Å². The Balaban J connectivity index is 1.63. The number of rotatable bonds is 4. The van der Waals surface area contributed by atoms with Gasteiger partial charge in [0.1, 0.15) is 0 Å². The Morgan fingerprint density at radius 3 is 1.96 bits per heavy atom. The van der Waals surface area contributed by atoms with Crippen LogP contribution in [-0.4, -0.2) is 11.7 Å². The molecule has 3 rings (SSSR count). The highest BCUT2D eigenvalue weighted by atomic mass is 16.2. The smallest absolute Gasteiger partial charge is 0.307 e. The van der Waals surface area contributed by atoms with Crippen molar-refractivity contribution in [3.05, 3.63) is 90.5 Å². The summed E-state index contributed by atoms with van der Waals surface area (Å²) in [7, 11) is 0. The lowest BCUT2D eigenvalue weighted by Gasteiger charge is -2.06. The van der Waals surface area contributed by atoms with E-state index in [0.29, 0.717) is 0 Å². The highest BCUT2D eigenvalue weighted by molar-refractivity contribution is 6.00. The van der Waals surface area contributed by atoms with Gasteiger partial charge in [-0.05, 0) is 35.7 Å². The molecule has 3 aromatic rings. The zero-order valence-electron chi connectivity index (χ0n) is 13.9.